The zero-order valence-corrected chi connectivity index (χ0v) is 14.6. The molecule has 0 bridgehead atoms. The van der Waals surface area contributed by atoms with Gasteiger partial charge in [-0.25, -0.2) is 4.98 Å². The number of benzene rings is 5. The molecule has 0 saturated carbocycles. The van der Waals surface area contributed by atoms with Crippen molar-refractivity contribution in [3.05, 3.63) is 91.0 Å². The minimum absolute atomic E-state index is 0.914. The Hall–Kier alpha value is -3.65. The van der Waals surface area contributed by atoms with Crippen molar-refractivity contribution >= 4 is 43.4 Å². The molecule has 0 unspecified atom stereocenters. The summed E-state index contributed by atoms with van der Waals surface area (Å²) >= 11 is 0. The first-order valence-corrected chi connectivity index (χ1v) is 9.17. The van der Waals surface area contributed by atoms with Gasteiger partial charge >= 0.3 is 0 Å². The second-order valence-electron chi connectivity index (χ2n) is 6.96. The fourth-order valence-corrected chi connectivity index (χ4v) is 4.10. The van der Waals surface area contributed by atoms with Gasteiger partial charge in [0.05, 0.1) is 11.0 Å². The third-order valence-electron chi connectivity index (χ3n) is 5.40. The summed E-state index contributed by atoms with van der Waals surface area (Å²) in [5.41, 5.74) is 3.25. The van der Waals surface area contributed by atoms with Gasteiger partial charge < -0.3 is 4.98 Å². The number of hydrogen-bond donors (Lipinski definition) is 1. The van der Waals surface area contributed by atoms with Gasteiger partial charge in [0.15, 0.2) is 0 Å². The molecule has 0 aliphatic carbocycles. The van der Waals surface area contributed by atoms with Gasteiger partial charge in [0, 0.05) is 16.3 Å². The van der Waals surface area contributed by atoms with Gasteiger partial charge in [-0.15, -0.1) is 0 Å². The SMILES string of the molecule is c1ccc2cc(-c3nc4c5ccccc5c5ccccc5c4[nH]3)ccc2c1. The highest BCUT2D eigenvalue weighted by atomic mass is 14.9. The van der Waals surface area contributed by atoms with Gasteiger partial charge in [0.1, 0.15) is 5.82 Å². The zero-order valence-electron chi connectivity index (χ0n) is 14.6. The first-order valence-electron chi connectivity index (χ1n) is 9.17. The van der Waals surface area contributed by atoms with E-state index in [0.29, 0.717) is 0 Å². The van der Waals surface area contributed by atoms with E-state index in [9.17, 15) is 0 Å². The van der Waals surface area contributed by atoms with Crippen LogP contribution in [-0.4, -0.2) is 9.97 Å². The molecule has 1 aromatic heterocycles. The van der Waals surface area contributed by atoms with Gasteiger partial charge in [-0.3, -0.25) is 0 Å². The molecule has 126 valence electrons. The van der Waals surface area contributed by atoms with Crippen LogP contribution in [0.3, 0.4) is 0 Å². The normalized spacial score (nSPS) is 11.7. The molecule has 0 fully saturated rings. The lowest BCUT2D eigenvalue weighted by atomic mass is 10.0. The number of H-pyrrole nitrogens is 1. The topological polar surface area (TPSA) is 28.7 Å². The predicted octanol–water partition coefficient (Wildman–Crippen LogP) is 6.69. The maximum atomic E-state index is 5.01. The molecule has 5 aromatic carbocycles. The monoisotopic (exact) mass is 344 g/mol. The van der Waals surface area contributed by atoms with Gasteiger partial charge in [0.2, 0.25) is 0 Å². The quantitative estimate of drug-likeness (QED) is 0.331. The first kappa shape index (κ1) is 14.5. The maximum Gasteiger partial charge on any atom is 0.138 e. The molecule has 0 atom stereocenters. The lowest BCUT2D eigenvalue weighted by molar-refractivity contribution is 1.34. The summed E-state index contributed by atoms with van der Waals surface area (Å²) in [6.45, 7) is 0. The van der Waals surface area contributed by atoms with E-state index in [0.717, 1.165) is 22.4 Å². The predicted molar refractivity (Wildman–Crippen MR) is 114 cm³/mol. The summed E-state index contributed by atoms with van der Waals surface area (Å²) in [7, 11) is 0. The van der Waals surface area contributed by atoms with E-state index in [-0.39, 0.29) is 0 Å². The highest BCUT2D eigenvalue weighted by molar-refractivity contribution is 6.23. The number of aromatic nitrogens is 2. The Balaban J connectivity index is 1.72. The molecular weight excluding hydrogens is 328 g/mol. The number of aromatic amines is 1. The summed E-state index contributed by atoms with van der Waals surface area (Å²) in [6, 6.07) is 32.0. The van der Waals surface area contributed by atoms with Gasteiger partial charge in [-0.1, -0.05) is 84.9 Å². The lowest BCUT2D eigenvalue weighted by Gasteiger charge is -2.05. The minimum Gasteiger partial charge on any atom is -0.337 e. The lowest BCUT2D eigenvalue weighted by Crippen LogP contribution is -1.81. The molecule has 2 heteroatoms. The minimum atomic E-state index is 0.914. The fraction of sp³-hybridized carbons (Fsp3) is 0. The first-order chi connectivity index (χ1) is 13.4. The Bertz CT molecular complexity index is 1400. The van der Waals surface area contributed by atoms with Crippen LogP contribution >= 0.6 is 0 Å². The molecule has 0 radical (unpaired) electrons. The van der Waals surface area contributed by atoms with E-state index in [2.05, 4.69) is 96.0 Å². The Morgan fingerprint density at radius 2 is 1.19 bits per heavy atom. The highest BCUT2D eigenvalue weighted by Gasteiger charge is 2.13. The maximum absolute atomic E-state index is 5.01. The Kier molecular flexibility index (Phi) is 2.91. The third kappa shape index (κ3) is 2.10. The molecule has 6 rings (SSSR count). The summed E-state index contributed by atoms with van der Waals surface area (Å²) in [5.74, 6) is 0.914. The van der Waals surface area contributed by atoms with Crippen LogP contribution in [0.25, 0.3) is 54.7 Å². The Morgan fingerprint density at radius 1 is 0.556 bits per heavy atom. The van der Waals surface area contributed by atoms with Crippen molar-refractivity contribution in [1.82, 2.24) is 9.97 Å². The van der Waals surface area contributed by atoms with Crippen LogP contribution in [-0.2, 0) is 0 Å². The molecule has 27 heavy (non-hydrogen) atoms. The van der Waals surface area contributed by atoms with E-state index in [1.807, 2.05) is 0 Å². The van der Waals surface area contributed by atoms with E-state index in [1.165, 1.54) is 32.3 Å². The van der Waals surface area contributed by atoms with Crippen LogP contribution in [0.2, 0.25) is 0 Å². The average Bonchev–Trinajstić information content (AvgIpc) is 3.20. The second-order valence-corrected chi connectivity index (χ2v) is 6.96. The summed E-state index contributed by atoms with van der Waals surface area (Å²) in [4.78, 5) is 8.61. The van der Waals surface area contributed by atoms with Crippen molar-refractivity contribution in [3.63, 3.8) is 0 Å². The number of rotatable bonds is 1. The van der Waals surface area contributed by atoms with Crippen LogP contribution in [0.15, 0.2) is 91.0 Å². The molecule has 0 amide bonds. The Morgan fingerprint density at radius 3 is 2.00 bits per heavy atom. The van der Waals surface area contributed by atoms with E-state index in [1.54, 1.807) is 0 Å². The number of nitrogens with one attached hydrogen (secondary N) is 1. The summed E-state index contributed by atoms with van der Waals surface area (Å²) in [5, 5.41) is 7.38. The number of nitrogens with zero attached hydrogens (tertiary/aromatic N) is 1. The van der Waals surface area contributed by atoms with Crippen LogP contribution in [0.1, 0.15) is 0 Å². The number of fused-ring (bicyclic) bond motifs is 7. The van der Waals surface area contributed by atoms with Gasteiger partial charge in [-0.05, 0) is 27.6 Å². The molecular formula is C25H16N2. The van der Waals surface area contributed by atoms with Crippen LogP contribution < -0.4 is 0 Å². The molecule has 6 aromatic rings. The van der Waals surface area contributed by atoms with Crippen molar-refractivity contribution in [2.24, 2.45) is 0 Å². The molecule has 0 aliphatic rings. The van der Waals surface area contributed by atoms with Gasteiger partial charge in [0.25, 0.3) is 0 Å². The fourth-order valence-electron chi connectivity index (χ4n) is 4.10. The molecule has 1 N–H and O–H groups in total. The second kappa shape index (κ2) is 5.42. The third-order valence-corrected chi connectivity index (χ3v) is 5.40. The van der Waals surface area contributed by atoms with Crippen molar-refractivity contribution in [3.8, 4) is 11.4 Å². The van der Waals surface area contributed by atoms with Crippen LogP contribution in [0, 0.1) is 0 Å². The Labute approximate surface area is 156 Å². The number of imidazole rings is 1. The molecule has 0 saturated heterocycles. The zero-order chi connectivity index (χ0) is 17.8. The van der Waals surface area contributed by atoms with Crippen LogP contribution in [0.4, 0.5) is 0 Å². The van der Waals surface area contributed by atoms with E-state index < -0.39 is 0 Å². The molecule has 2 nitrogen and oxygen atoms in total. The smallest absolute Gasteiger partial charge is 0.138 e. The van der Waals surface area contributed by atoms with Gasteiger partial charge in [-0.2, -0.15) is 0 Å². The standard InChI is InChI=1S/C25H16N2/c1-2-8-17-15-18(14-13-16(17)7-1)25-26-23-21-11-5-3-9-19(21)20-10-4-6-12-22(20)24(23)27-25/h1-15H,(H,26,27). The molecule has 0 spiro atoms. The highest BCUT2D eigenvalue weighted by Crippen LogP contribution is 2.35. The van der Waals surface area contributed by atoms with Crippen molar-refractivity contribution < 1.29 is 0 Å². The van der Waals surface area contributed by atoms with Crippen molar-refractivity contribution in [1.29, 1.82) is 0 Å². The molecule has 1 heterocycles. The van der Waals surface area contributed by atoms with Crippen LogP contribution in [0.5, 0.6) is 0 Å². The van der Waals surface area contributed by atoms with E-state index >= 15 is 0 Å². The largest absolute Gasteiger partial charge is 0.337 e. The average molecular weight is 344 g/mol. The van der Waals surface area contributed by atoms with Crippen molar-refractivity contribution in [2.75, 3.05) is 0 Å². The summed E-state index contributed by atoms with van der Waals surface area (Å²) < 4.78 is 0. The van der Waals surface area contributed by atoms with E-state index in [4.69, 9.17) is 4.98 Å². The number of hydrogen-bond acceptors (Lipinski definition) is 1. The molecule has 0 aliphatic heterocycles. The summed E-state index contributed by atoms with van der Waals surface area (Å²) in [6.07, 6.45) is 0. The van der Waals surface area contributed by atoms with Crippen molar-refractivity contribution in [2.45, 2.75) is 0 Å².